The SMILES string of the molecule is CC(=O)C1(C(=O)C(N)CC(=O)O)C(F)(F)CCN(C(=O)C(N)CCCNC(=N)N)C1(B(O)O)C(=O)C(N)CC(C)C. The van der Waals surface area contributed by atoms with Gasteiger partial charge in [-0.15, -0.1) is 0 Å². The lowest BCUT2D eigenvalue weighted by molar-refractivity contribution is -0.214. The standard InChI is InChI=1S/C23H40BF2N7O8/c1-11(2)9-14(28)18(38)23(24(40)41)22(12(3)34,17(37)15(29)10-16(35)36)21(25,26)6-8-33(23)19(39)13(27)5-4-7-32-20(30)31/h11,13-15,40-41H,4-10,27-29H2,1-3H3,(H,35,36)(H4,30,31,32). The van der Waals surface area contributed by atoms with Gasteiger partial charge >= 0.3 is 13.1 Å². The maximum atomic E-state index is 16.2. The molecule has 0 aromatic heterocycles. The predicted octanol–water partition coefficient (Wildman–Crippen LogP) is -2.92. The van der Waals surface area contributed by atoms with E-state index in [0.717, 1.165) is 0 Å². The van der Waals surface area contributed by atoms with E-state index >= 15 is 8.78 Å². The number of piperidine rings is 1. The van der Waals surface area contributed by atoms with Crippen molar-refractivity contribution in [2.45, 2.75) is 82.4 Å². The summed E-state index contributed by atoms with van der Waals surface area (Å²) in [6.07, 6.45) is -3.00. The highest BCUT2D eigenvalue weighted by atomic mass is 19.3. The molecule has 0 aromatic carbocycles. The Hall–Kier alpha value is -3.06. The summed E-state index contributed by atoms with van der Waals surface area (Å²) in [6.45, 7) is 2.70. The number of guanidine groups is 1. The Kier molecular flexibility index (Phi) is 12.1. The van der Waals surface area contributed by atoms with Crippen LogP contribution in [0.15, 0.2) is 0 Å². The number of carbonyl (C=O) groups excluding carboxylic acids is 4. The molecular weight excluding hydrogens is 551 g/mol. The first kappa shape index (κ1) is 36.0. The zero-order valence-electron chi connectivity index (χ0n) is 23.2. The summed E-state index contributed by atoms with van der Waals surface area (Å²) in [4.78, 5) is 66.5. The number of carbonyl (C=O) groups is 5. The molecule has 1 aliphatic rings. The van der Waals surface area contributed by atoms with Gasteiger partial charge in [-0.1, -0.05) is 13.8 Å². The van der Waals surface area contributed by atoms with Crippen LogP contribution in [0.5, 0.6) is 0 Å². The van der Waals surface area contributed by atoms with Crippen molar-refractivity contribution < 1.29 is 47.9 Å². The number of carboxylic acids is 1. The summed E-state index contributed by atoms with van der Waals surface area (Å²) in [6, 6.07) is -5.69. The smallest absolute Gasteiger partial charge is 0.481 e. The number of alkyl halides is 2. The van der Waals surface area contributed by atoms with E-state index in [2.05, 4.69) is 5.32 Å². The summed E-state index contributed by atoms with van der Waals surface area (Å²) >= 11 is 0. The Bertz CT molecular complexity index is 1050. The van der Waals surface area contributed by atoms with Crippen LogP contribution >= 0.6 is 0 Å². The number of likely N-dealkylation sites (tertiary alicyclic amines) is 1. The van der Waals surface area contributed by atoms with Gasteiger partial charge in [0.15, 0.2) is 34.2 Å². The second-order valence-electron chi connectivity index (χ2n) is 10.6. The van der Waals surface area contributed by atoms with Gasteiger partial charge in [-0.3, -0.25) is 29.4 Å². The summed E-state index contributed by atoms with van der Waals surface area (Å²) < 4.78 is 32.3. The van der Waals surface area contributed by atoms with Crippen LogP contribution in [0.4, 0.5) is 8.78 Å². The number of nitrogens with one attached hydrogen (secondary N) is 2. The van der Waals surface area contributed by atoms with Crippen molar-refractivity contribution in [3.8, 4) is 0 Å². The Morgan fingerprint density at radius 2 is 1.61 bits per heavy atom. The Balaban J connectivity index is 4.07. The number of rotatable bonds is 15. The lowest BCUT2D eigenvalue weighted by Crippen LogP contribution is -2.87. The molecule has 0 bridgehead atoms. The van der Waals surface area contributed by atoms with Gasteiger partial charge in [0.05, 0.1) is 24.5 Å². The molecule has 41 heavy (non-hydrogen) atoms. The zero-order chi connectivity index (χ0) is 32.1. The molecule has 0 radical (unpaired) electrons. The number of nitrogens with two attached hydrogens (primary N) is 4. The molecule has 0 aliphatic carbocycles. The zero-order valence-corrected chi connectivity index (χ0v) is 23.2. The van der Waals surface area contributed by atoms with Crippen LogP contribution < -0.4 is 28.3 Å². The fraction of sp³-hybridized carbons (Fsp3) is 0.739. The molecule has 18 heteroatoms. The van der Waals surface area contributed by atoms with E-state index in [0.29, 0.717) is 6.92 Å². The molecule has 0 saturated carbocycles. The van der Waals surface area contributed by atoms with Gasteiger partial charge in [0.25, 0.3) is 5.92 Å². The summed E-state index contributed by atoms with van der Waals surface area (Å²) in [5, 5.41) is 40.4. The monoisotopic (exact) mass is 591 g/mol. The van der Waals surface area contributed by atoms with Crippen LogP contribution in [-0.4, -0.2) is 105 Å². The number of hydrogen-bond donors (Lipinski definition) is 9. The normalized spacial score (nSPS) is 24.2. The molecule has 1 aliphatic heterocycles. The topological polar surface area (TPSA) is 289 Å². The lowest BCUT2D eigenvalue weighted by Gasteiger charge is -2.59. The molecule has 1 fully saturated rings. The van der Waals surface area contributed by atoms with Crippen molar-refractivity contribution in [3.63, 3.8) is 0 Å². The molecule has 5 atom stereocenters. The minimum Gasteiger partial charge on any atom is -0.481 e. The van der Waals surface area contributed by atoms with E-state index < -0.39 is 90.6 Å². The van der Waals surface area contributed by atoms with Crippen LogP contribution in [0.3, 0.4) is 0 Å². The van der Waals surface area contributed by atoms with Crippen molar-refractivity contribution in [1.29, 1.82) is 5.41 Å². The average molecular weight is 591 g/mol. The van der Waals surface area contributed by atoms with Crippen molar-refractivity contribution in [1.82, 2.24) is 10.2 Å². The molecule has 0 aromatic rings. The molecule has 15 nitrogen and oxygen atoms in total. The maximum Gasteiger partial charge on any atom is 0.489 e. The second kappa shape index (κ2) is 13.7. The van der Waals surface area contributed by atoms with Crippen LogP contribution in [0.2, 0.25) is 0 Å². The third-order valence-corrected chi connectivity index (χ3v) is 7.23. The number of amides is 1. The van der Waals surface area contributed by atoms with Crippen LogP contribution in [-0.2, 0) is 24.0 Å². The fourth-order valence-corrected chi connectivity index (χ4v) is 5.55. The van der Waals surface area contributed by atoms with E-state index in [-0.39, 0.29) is 42.6 Å². The Morgan fingerprint density at radius 1 is 1.05 bits per heavy atom. The number of ketones is 3. The molecule has 1 saturated heterocycles. The third-order valence-electron chi connectivity index (χ3n) is 7.23. The van der Waals surface area contributed by atoms with E-state index in [9.17, 15) is 39.1 Å². The highest BCUT2D eigenvalue weighted by Crippen LogP contribution is 2.56. The van der Waals surface area contributed by atoms with E-state index in [1.165, 1.54) is 0 Å². The maximum absolute atomic E-state index is 16.2. The van der Waals surface area contributed by atoms with Gasteiger partial charge in [0, 0.05) is 19.5 Å². The largest absolute Gasteiger partial charge is 0.489 e. The van der Waals surface area contributed by atoms with Crippen molar-refractivity contribution in [3.05, 3.63) is 0 Å². The van der Waals surface area contributed by atoms with Crippen LogP contribution in [0.25, 0.3) is 0 Å². The highest BCUT2D eigenvalue weighted by Gasteiger charge is 2.83. The second-order valence-corrected chi connectivity index (χ2v) is 10.6. The van der Waals surface area contributed by atoms with Crippen molar-refractivity contribution in [2.24, 2.45) is 34.3 Å². The number of carboxylic acid groups (broad SMARTS) is 1. The van der Waals surface area contributed by atoms with Gasteiger partial charge in [-0.25, -0.2) is 8.78 Å². The number of halogens is 2. The molecule has 5 unspecified atom stereocenters. The lowest BCUT2D eigenvalue weighted by atomic mass is 9.41. The number of Topliss-reactive ketones (excluding diaryl/α,β-unsaturated/α-hetero) is 3. The van der Waals surface area contributed by atoms with E-state index in [1.54, 1.807) is 13.8 Å². The fourth-order valence-electron chi connectivity index (χ4n) is 5.55. The number of hydrogen-bond acceptors (Lipinski definition) is 11. The quantitative estimate of drug-likeness (QED) is 0.0304. The van der Waals surface area contributed by atoms with Crippen LogP contribution in [0.1, 0.15) is 52.9 Å². The van der Waals surface area contributed by atoms with E-state index in [4.69, 9.17) is 28.3 Å². The van der Waals surface area contributed by atoms with Crippen LogP contribution in [0, 0.1) is 16.7 Å². The number of aliphatic carboxylic acids is 1. The summed E-state index contributed by atoms with van der Waals surface area (Å²) in [7, 11) is -3.29. The minimum absolute atomic E-state index is 0.0697. The summed E-state index contributed by atoms with van der Waals surface area (Å²) in [5.41, 5.74) is 15.1. The van der Waals surface area contributed by atoms with Gasteiger partial charge in [-0.05, 0) is 32.1 Å². The first-order valence-corrected chi connectivity index (χ1v) is 12.9. The first-order chi connectivity index (χ1) is 18.7. The number of nitrogens with zero attached hydrogens (tertiary/aromatic N) is 1. The Labute approximate surface area is 236 Å². The third kappa shape index (κ3) is 6.72. The van der Waals surface area contributed by atoms with Crippen molar-refractivity contribution >= 4 is 42.3 Å². The van der Waals surface area contributed by atoms with Gasteiger partial charge in [-0.2, -0.15) is 0 Å². The molecule has 1 rings (SSSR count). The van der Waals surface area contributed by atoms with Gasteiger partial charge in [0.1, 0.15) is 0 Å². The molecule has 1 amide bonds. The first-order valence-electron chi connectivity index (χ1n) is 12.9. The predicted molar refractivity (Wildman–Crippen MR) is 142 cm³/mol. The molecule has 232 valence electrons. The van der Waals surface area contributed by atoms with E-state index in [1.807, 2.05) is 0 Å². The average Bonchev–Trinajstić information content (AvgIpc) is 2.82. The van der Waals surface area contributed by atoms with Crippen molar-refractivity contribution in [2.75, 3.05) is 13.1 Å². The van der Waals surface area contributed by atoms with Gasteiger partial charge in [0.2, 0.25) is 5.91 Å². The molecule has 0 spiro atoms. The molecular formula is C23H40BF2N7O8. The van der Waals surface area contributed by atoms with Gasteiger partial charge < -0.3 is 48.3 Å². The Morgan fingerprint density at radius 3 is 2.05 bits per heavy atom. The highest BCUT2D eigenvalue weighted by molar-refractivity contribution is 6.56. The molecule has 1 heterocycles. The minimum atomic E-state index is -4.53. The summed E-state index contributed by atoms with van der Waals surface area (Å²) in [5.74, 6) is -13.7. The molecule has 13 N–H and O–H groups in total.